The Morgan fingerprint density at radius 3 is 2.53 bits per heavy atom. The SMILES string of the molecule is CNC(C)(CC(C)SCc1ccc(Cl)cc1)C(N)=O. The molecule has 0 saturated heterocycles. The van der Waals surface area contributed by atoms with Gasteiger partial charge in [0.05, 0.1) is 5.54 Å². The molecule has 0 bridgehead atoms. The number of hydrogen-bond donors (Lipinski definition) is 2. The molecule has 0 saturated carbocycles. The van der Waals surface area contributed by atoms with Gasteiger partial charge < -0.3 is 11.1 Å². The number of amides is 1. The van der Waals surface area contributed by atoms with Gasteiger partial charge in [0.1, 0.15) is 0 Å². The number of likely N-dealkylation sites (N-methyl/N-ethyl adjacent to an activating group) is 1. The molecule has 0 radical (unpaired) electrons. The minimum Gasteiger partial charge on any atom is -0.368 e. The predicted molar refractivity (Wildman–Crippen MR) is 83.5 cm³/mol. The van der Waals surface area contributed by atoms with Gasteiger partial charge in [0.15, 0.2) is 0 Å². The lowest BCUT2D eigenvalue weighted by molar-refractivity contribution is -0.123. The summed E-state index contributed by atoms with van der Waals surface area (Å²) in [4.78, 5) is 11.4. The first-order valence-electron chi connectivity index (χ1n) is 6.22. The molecular weight excluding hydrogens is 280 g/mol. The molecule has 0 aliphatic heterocycles. The fraction of sp³-hybridized carbons (Fsp3) is 0.500. The van der Waals surface area contributed by atoms with Crippen molar-refractivity contribution in [2.75, 3.05) is 7.05 Å². The Balaban J connectivity index is 2.49. The van der Waals surface area contributed by atoms with Crippen LogP contribution in [0.3, 0.4) is 0 Å². The van der Waals surface area contributed by atoms with Crippen LogP contribution in [-0.2, 0) is 10.5 Å². The summed E-state index contributed by atoms with van der Waals surface area (Å²) in [6.45, 7) is 3.95. The summed E-state index contributed by atoms with van der Waals surface area (Å²) in [6.07, 6.45) is 0.705. The Morgan fingerprint density at radius 2 is 2.05 bits per heavy atom. The zero-order valence-corrected chi connectivity index (χ0v) is 13.1. The van der Waals surface area contributed by atoms with Crippen molar-refractivity contribution in [1.82, 2.24) is 5.32 Å². The summed E-state index contributed by atoms with van der Waals surface area (Å²) in [5, 5.41) is 4.09. The van der Waals surface area contributed by atoms with Gasteiger partial charge in [-0.3, -0.25) is 4.79 Å². The maximum Gasteiger partial charge on any atom is 0.237 e. The van der Waals surface area contributed by atoms with Crippen molar-refractivity contribution in [1.29, 1.82) is 0 Å². The molecule has 0 spiro atoms. The van der Waals surface area contributed by atoms with Gasteiger partial charge in [-0.25, -0.2) is 0 Å². The number of rotatable bonds is 7. The van der Waals surface area contributed by atoms with Gasteiger partial charge >= 0.3 is 0 Å². The number of carbonyl (C=O) groups excluding carboxylic acids is 1. The van der Waals surface area contributed by atoms with Gasteiger partial charge in [0, 0.05) is 16.0 Å². The van der Waals surface area contributed by atoms with Crippen LogP contribution in [0.4, 0.5) is 0 Å². The summed E-state index contributed by atoms with van der Waals surface area (Å²) in [7, 11) is 1.77. The van der Waals surface area contributed by atoms with Crippen molar-refractivity contribution in [3.63, 3.8) is 0 Å². The molecular formula is C14H21ClN2OS. The van der Waals surface area contributed by atoms with Gasteiger partial charge in [-0.15, -0.1) is 0 Å². The zero-order chi connectivity index (χ0) is 14.5. The Labute approximate surface area is 124 Å². The van der Waals surface area contributed by atoms with Gasteiger partial charge in [0.25, 0.3) is 0 Å². The first-order chi connectivity index (χ1) is 8.87. The van der Waals surface area contributed by atoms with E-state index in [1.807, 2.05) is 31.2 Å². The highest BCUT2D eigenvalue weighted by Gasteiger charge is 2.30. The lowest BCUT2D eigenvalue weighted by Crippen LogP contribution is -2.52. The van der Waals surface area contributed by atoms with E-state index in [0.29, 0.717) is 11.7 Å². The highest BCUT2D eigenvalue weighted by Crippen LogP contribution is 2.25. The first-order valence-corrected chi connectivity index (χ1v) is 7.65. The fourth-order valence-electron chi connectivity index (χ4n) is 1.78. The van der Waals surface area contributed by atoms with Gasteiger partial charge in [-0.2, -0.15) is 11.8 Å². The third-order valence-electron chi connectivity index (χ3n) is 3.24. The van der Waals surface area contributed by atoms with Gasteiger partial charge in [0.2, 0.25) is 5.91 Å². The smallest absolute Gasteiger partial charge is 0.237 e. The maximum absolute atomic E-state index is 11.4. The van der Waals surface area contributed by atoms with E-state index in [9.17, 15) is 4.79 Å². The molecule has 1 amide bonds. The summed E-state index contributed by atoms with van der Waals surface area (Å²) in [5.41, 5.74) is 6.01. The molecule has 0 fully saturated rings. The molecule has 0 aliphatic carbocycles. The quantitative estimate of drug-likeness (QED) is 0.814. The molecule has 3 nitrogen and oxygen atoms in total. The van der Waals surface area contributed by atoms with E-state index >= 15 is 0 Å². The zero-order valence-electron chi connectivity index (χ0n) is 11.6. The molecule has 1 aromatic rings. The molecule has 106 valence electrons. The molecule has 0 heterocycles. The summed E-state index contributed by atoms with van der Waals surface area (Å²) < 4.78 is 0. The Kier molecular flexibility index (Phi) is 6.17. The molecule has 2 unspecified atom stereocenters. The van der Waals surface area contributed by atoms with Crippen LogP contribution in [0.15, 0.2) is 24.3 Å². The van der Waals surface area contributed by atoms with E-state index < -0.39 is 5.54 Å². The van der Waals surface area contributed by atoms with E-state index in [1.165, 1.54) is 5.56 Å². The lowest BCUT2D eigenvalue weighted by Gasteiger charge is -2.28. The van der Waals surface area contributed by atoms with Crippen molar-refractivity contribution in [2.24, 2.45) is 5.73 Å². The van der Waals surface area contributed by atoms with Crippen molar-refractivity contribution < 1.29 is 4.79 Å². The van der Waals surface area contributed by atoms with Crippen LogP contribution in [0, 0.1) is 0 Å². The monoisotopic (exact) mass is 300 g/mol. The molecule has 0 aliphatic rings. The molecule has 1 rings (SSSR count). The fourth-order valence-corrected chi connectivity index (χ4v) is 3.03. The maximum atomic E-state index is 11.4. The van der Waals surface area contributed by atoms with E-state index in [0.717, 1.165) is 10.8 Å². The number of benzene rings is 1. The minimum absolute atomic E-state index is 0.311. The minimum atomic E-state index is -0.646. The van der Waals surface area contributed by atoms with E-state index in [2.05, 4.69) is 12.2 Å². The van der Waals surface area contributed by atoms with Crippen LogP contribution in [0.2, 0.25) is 5.02 Å². The number of thioether (sulfide) groups is 1. The third kappa shape index (κ3) is 5.05. The molecule has 3 N–H and O–H groups in total. The van der Waals surface area contributed by atoms with Crippen LogP contribution in [0.5, 0.6) is 0 Å². The predicted octanol–water partition coefficient (Wildman–Crippen LogP) is 2.82. The van der Waals surface area contributed by atoms with Crippen molar-refractivity contribution in [3.05, 3.63) is 34.9 Å². The standard InChI is InChI=1S/C14H21ClN2OS/c1-10(8-14(2,17-3)13(16)18)19-9-11-4-6-12(15)7-5-11/h4-7,10,17H,8-9H2,1-3H3,(H2,16,18). The second-order valence-electron chi connectivity index (χ2n) is 4.90. The van der Waals surface area contributed by atoms with Crippen LogP contribution in [0.25, 0.3) is 0 Å². The van der Waals surface area contributed by atoms with Crippen molar-refractivity contribution >= 4 is 29.3 Å². The summed E-state index contributed by atoms with van der Waals surface area (Å²) in [5.74, 6) is 0.589. The average Bonchev–Trinajstić information content (AvgIpc) is 2.37. The number of nitrogens with two attached hydrogens (primary N) is 1. The summed E-state index contributed by atoms with van der Waals surface area (Å²) >= 11 is 7.65. The van der Waals surface area contributed by atoms with Crippen LogP contribution in [-0.4, -0.2) is 23.7 Å². The highest BCUT2D eigenvalue weighted by atomic mass is 35.5. The number of carbonyl (C=O) groups is 1. The molecule has 19 heavy (non-hydrogen) atoms. The number of halogens is 1. The average molecular weight is 301 g/mol. The highest BCUT2D eigenvalue weighted by molar-refractivity contribution is 7.99. The normalized spacial score (nSPS) is 15.8. The van der Waals surface area contributed by atoms with Gasteiger partial charge in [-0.05, 0) is 38.1 Å². The van der Waals surface area contributed by atoms with Gasteiger partial charge in [-0.1, -0.05) is 30.7 Å². The molecule has 2 atom stereocenters. The van der Waals surface area contributed by atoms with Crippen LogP contribution >= 0.6 is 23.4 Å². The topological polar surface area (TPSA) is 55.1 Å². The number of hydrogen-bond acceptors (Lipinski definition) is 3. The Hall–Kier alpha value is -0.710. The van der Waals surface area contributed by atoms with E-state index in [4.69, 9.17) is 17.3 Å². The van der Waals surface area contributed by atoms with E-state index in [1.54, 1.807) is 18.8 Å². The summed E-state index contributed by atoms with van der Waals surface area (Å²) in [6, 6.07) is 7.83. The number of nitrogens with one attached hydrogen (secondary N) is 1. The second kappa shape index (κ2) is 7.17. The van der Waals surface area contributed by atoms with Crippen LogP contribution < -0.4 is 11.1 Å². The number of primary amides is 1. The van der Waals surface area contributed by atoms with Crippen LogP contribution in [0.1, 0.15) is 25.8 Å². The van der Waals surface area contributed by atoms with Crippen molar-refractivity contribution in [2.45, 2.75) is 36.8 Å². The molecule has 5 heteroatoms. The first kappa shape index (κ1) is 16.3. The molecule has 1 aromatic carbocycles. The second-order valence-corrected chi connectivity index (χ2v) is 6.76. The largest absolute Gasteiger partial charge is 0.368 e. The Bertz CT molecular complexity index is 424. The molecule has 0 aromatic heterocycles. The Morgan fingerprint density at radius 1 is 1.47 bits per heavy atom. The van der Waals surface area contributed by atoms with E-state index in [-0.39, 0.29) is 5.91 Å². The lowest BCUT2D eigenvalue weighted by atomic mass is 9.95. The van der Waals surface area contributed by atoms with Crippen molar-refractivity contribution in [3.8, 4) is 0 Å². The third-order valence-corrected chi connectivity index (χ3v) is 4.73.